The van der Waals surface area contributed by atoms with E-state index in [2.05, 4.69) is 128 Å². The van der Waals surface area contributed by atoms with E-state index in [0.29, 0.717) is 17.4 Å². The van der Waals surface area contributed by atoms with Crippen molar-refractivity contribution in [1.82, 2.24) is 19.1 Å². The fourth-order valence-electron chi connectivity index (χ4n) is 7.70. The van der Waals surface area contributed by atoms with E-state index in [4.69, 9.17) is 9.10 Å². The van der Waals surface area contributed by atoms with Gasteiger partial charge in [0.15, 0.2) is 0 Å². The van der Waals surface area contributed by atoms with Crippen LogP contribution in [0.2, 0.25) is 19.6 Å². The van der Waals surface area contributed by atoms with Crippen LogP contribution in [0.4, 0.5) is 0 Å². The number of aromatic nitrogens is 4. The summed E-state index contributed by atoms with van der Waals surface area (Å²) in [6, 6.07) is 53.7. The zero-order valence-electron chi connectivity index (χ0n) is 37.1. The second kappa shape index (κ2) is 16.8. The molecule has 4 nitrogen and oxygen atoms in total. The van der Waals surface area contributed by atoms with Crippen LogP contribution in [0.15, 0.2) is 146 Å². The van der Waals surface area contributed by atoms with Crippen LogP contribution in [-0.2, 0) is 20.1 Å². The van der Waals surface area contributed by atoms with Crippen LogP contribution in [0.5, 0.6) is 0 Å². The van der Waals surface area contributed by atoms with Crippen LogP contribution in [0.25, 0.3) is 66.9 Å². The zero-order valence-corrected chi connectivity index (χ0v) is 37.5. The number of imidazole rings is 1. The molecule has 3 aromatic heterocycles. The first-order valence-electron chi connectivity index (χ1n) is 21.3. The van der Waals surface area contributed by atoms with E-state index in [1.807, 2.05) is 79.0 Å². The summed E-state index contributed by atoms with van der Waals surface area (Å²) in [5.41, 5.74) is 11.8. The molecule has 0 unspecified atom stereocenters. The molecule has 0 saturated carbocycles. The minimum absolute atomic E-state index is 0. The SMILES string of the molecule is C[Si](C)(C)c1ccc(-c2[c-]cccc2)nc1.[2H]C([2H])([2H])c1ccc2c3cc(-c4nc5ccccc5n4-c4c(C(C)C)cccc4C(C)C)[c-]cc3n(-c3ccccc3)c2c1.[Ir]. The normalized spacial score (nSPS) is 12.6. The van der Waals surface area contributed by atoms with Gasteiger partial charge in [0.2, 0.25) is 0 Å². The molecule has 0 aliphatic rings. The third-order valence-corrected chi connectivity index (χ3v) is 12.7. The molecule has 0 aliphatic carbocycles. The molecular formula is C52H50IrN4Si-2. The van der Waals surface area contributed by atoms with Gasteiger partial charge in [0.05, 0.1) is 24.9 Å². The maximum absolute atomic E-state index is 8.06. The first kappa shape index (κ1) is 36.9. The molecule has 0 N–H and O–H groups in total. The maximum Gasteiger partial charge on any atom is 0.0795 e. The van der Waals surface area contributed by atoms with Crippen molar-refractivity contribution in [2.24, 2.45) is 0 Å². The van der Waals surface area contributed by atoms with E-state index in [-0.39, 0.29) is 20.1 Å². The Morgan fingerprint density at radius 2 is 1.36 bits per heavy atom. The predicted octanol–water partition coefficient (Wildman–Crippen LogP) is 13.2. The Labute approximate surface area is 362 Å². The van der Waals surface area contributed by atoms with Crippen molar-refractivity contribution in [1.29, 1.82) is 0 Å². The first-order valence-corrected chi connectivity index (χ1v) is 23.3. The van der Waals surface area contributed by atoms with Gasteiger partial charge < -0.3 is 14.1 Å². The van der Waals surface area contributed by atoms with E-state index in [1.54, 1.807) is 12.1 Å². The van der Waals surface area contributed by atoms with Crippen molar-refractivity contribution in [3.8, 4) is 34.0 Å². The van der Waals surface area contributed by atoms with Gasteiger partial charge in [0.1, 0.15) is 0 Å². The molecule has 0 atom stereocenters. The number of nitrogens with zero attached hydrogens (tertiary/aromatic N) is 4. The number of hydrogen-bond donors (Lipinski definition) is 0. The Kier molecular flexibility index (Phi) is 10.7. The zero-order chi connectivity index (χ0) is 42.3. The minimum atomic E-state index is -2.20. The Morgan fingerprint density at radius 1 is 0.638 bits per heavy atom. The Bertz CT molecular complexity index is 2920. The first-order chi connectivity index (χ1) is 28.7. The number of benzene rings is 6. The summed E-state index contributed by atoms with van der Waals surface area (Å²) in [5.74, 6) is 1.48. The maximum atomic E-state index is 8.06. The van der Waals surface area contributed by atoms with Crippen molar-refractivity contribution < 1.29 is 24.2 Å². The van der Waals surface area contributed by atoms with Gasteiger partial charge in [-0.1, -0.05) is 126 Å². The van der Waals surface area contributed by atoms with Crippen molar-refractivity contribution >= 4 is 46.1 Å². The van der Waals surface area contributed by atoms with Crippen LogP contribution < -0.4 is 5.19 Å². The molecule has 0 fully saturated rings. The van der Waals surface area contributed by atoms with E-state index in [0.717, 1.165) is 61.2 Å². The second-order valence-corrected chi connectivity index (χ2v) is 21.4. The average molecular weight is 954 g/mol. The van der Waals surface area contributed by atoms with Crippen molar-refractivity contribution in [3.63, 3.8) is 0 Å². The molecule has 58 heavy (non-hydrogen) atoms. The summed E-state index contributed by atoms with van der Waals surface area (Å²) in [4.78, 5) is 9.73. The molecule has 1 radical (unpaired) electrons. The van der Waals surface area contributed by atoms with Gasteiger partial charge >= 0.3 is 0 Å². The summed E-state index contributed by atoms with van der Waals surface area (Å²) in [7, 11) is -1.23. The number of pyridine rings is 1. The topological polar surface area (TPSA) is 35.6 Å². The molecule has 6 heteroatoms. The van der Waals surface area contributed by atoms with Gasteiger partial charge in [-0.3, -0.25) is 4.98 Å². The van der Waals surface area contributed by atoms with Gasteiger partial charge in [-0.05, 0) is 87.5 Å². The molecule has 0 bridgehead atoms. The number of fused-ring (bicyclic) bond motifs is 4. The van der Waals surface area contributed by atoms with Gasteiger partial charge in [-0.15, -0.1) is 59.7 Å². The van der Waals surface area contributed by atoms with Crippen molar-refractivity contribution in [3.05, 3.63) is 175 Å². The van der Waals surface area contributed by atoms with Gasteiger partial charge in [0.25, 0.3) is 0 Å². The molecule has 3 heterocycles. The standard InChI is InChI=1S/C38H34N3.C14H16NSi.Ir/c1-24(2)29-14-11-15-30(25(3)4)37(29)41-35-17-10-9-16-33(35)39-38(41)27-19-21-34-32(23-27)31-20-18-26(5)22-36(31)40(34)28-12-7-6-8-13-28;1-16(2,3)13-9-10-14(15-11-13)12-7-5-4-6-8-12;/h6-18,20-25H,1-5H3;4-7,9-11H,1-3H3;/q2*-1;/i5D3;;. The van der Waals surface area contributed by atoms with E-state index in [1.165, 1.54) is 22.0 Å². The van der Waals surface area contributed by atoms with E-state index >= 15 is 0 Å². The van der Waals surface area contributed by atoms with Crippen molar-refractivity contribution in [2.75, 3.05) is 0 Å². The molecule has 9 aromatic rings. The Hall–Kier alpha value is -5.39. The molecule has 0 spiro atoms. The Morgan fingerprint density at radius 3 is 2.02 bits per heavy atom. The van der Waals surface area contributed by atoms with Gasteiger partial charge in [0, 0.05) is 47.3 Å². The monoisotopic (exact) mass is 954 g/mol. The number of hydrogen-bond acceptors (Lipinski definition) is 2. The Balaban J connectivity index is 0.000000278. The largest absolute Gasteiger partial charge is 0.351 e. The number of para-hydroxylation sites is 4. The summed E-state index contributed by atoms with van der Waals surface area (Å²) in [5, 5.41) is 3.40. The number of rotatable bonds is 7. The summed E-state index contributed by atoms with van der Waals surface area (Å²) in [6.07, 6.45) is 2.02. The van der Waals surface area contributed by atoms with Crippen LogP contribution in [0.3, 0.4) is 0 Å². The van der Waals surface area contributed by atoms with Crippen LogP contribution in [-0.4, -0.2) is 27.2 Å². The molecule has 0 amide bonds. The molecule has 293 valence electrons. The molecule has 9 rings (SSSR count). The molecular weight excluding hydrogens is 901 g/mol. The van der Waals surface area contributed by atoms with Gasteiger partial charge in [-0.25, -0.2) is 0 Å². The van der Waals surface area contributed by atoms with Crippen LogP contribution in [0.1, 0.15) is 60.3 Å². The smallest absolute Gasteiger partial charge is 0.0795 e. The van der Waals surface area contributed by atoms with Crippen LogP contribution >= 0.6 is 0 Å². The second-order valence-electron chi connectivity index (χ2n) is 16.4. The van der Waals surface area contributed by atoms with E-state index < -0.39 is 14.9 Å². The van der Waals surface area contributed by atoms with E-state index in [9.17, 15) is 0 Å². The van der Waals surface area contributed by atoms with Crippen LogP contribution in [0, 0.1) is 19.0 Å². The minimum Gasteiger partial charge on any atom is -0.351 e. The molecule has 6 aromatic carbocycles. The van der Waals surface area contributed by atoms with Gasteiger partial charge in [-0.2, -0.15) is 0 Å². The summed E-state index contributed by atoms with van der Waals surface area (Å²) >= 11 is 0. The van der Waals surface area contributed by atoms with Crippen molar-refractivity contribution in [2.45, 2.75) is 66.0 Å². The third kappa shape index (κ3) is 7.89. The molecule has 0 saturated heterocycles. The summed E-state index contributed by atoms with van der Waals surface area (Å²) in [6.45, 7) is 13.8. The number of aryl methyl sites for hydroxylation is 1. The molecule has 0 aliphatic heterocycles. The summed E-state index contributed by atoms with van der Waals surface area (Å²) < 4.78 is 28.6. The fraction of sp³-hybridized carbons (Fsp3) is 0.192. The third-order valence-electron chi connectivity index (χ3n) is 10.7. The average Bonchev–Trinajstić information content (AvgIpc) is 3.79. The fourth-order valence-corrected chi connectivity index (χ4v) is 8.73. The quantitative estimate of drug-likeness (QED) is 0.118. The predicted molar refractivity (Wildman–Crippen MR) is 244 cm³/mol.